The lowest BCUT2D eigenvalue weighted by Crippen LogP contribution is -3.01. The van der Waals surface area contributed by atoms with Gasteiger partial charge in [0.25, 0.3) is 0 Å². The van der Waals surface area contributed by atoms with Crippen LogP contribution >= 0.6 is 0 Å². The van der Waals surface area contributed by atoms with Crippen LogP contribution in [0.4, 0.5) is 5.69 Å². The van der Waals surface area contributed by atoms with Crippen molar-refractivity contribution >= 4 is 19.0 Å². The van der Waals surface area contributed by atoms with E-state index in [9.17, 15) is 5.21 Å². The van der Waals surface area contributed by atoms with E-state index in [-0.39, 0.29) is 10.5 Å². The number of nitrogens with one attached hydrogen (secondary N) is 1. The van der Waals surface area contributed by atoms with Crippen LogP contribution in [0.5, 0.6) is 0 Å². The van der Waals surface area contributed by atoms with Crippen molar-refractivity contribution in [3.63, 3.8) is 0 Å². The molecule has 0 bridgehead atoms. The third-order valence-electron chi connectivity index (χ3n) is 3.86. The molecule has 2 heterocycles. The quantitative estimate of drug-likeness (QED) is 0.470. The second-order valence-corrected chi connectivity index (χ2v) is 4.80. The predicted octanol–water partition coefficient (Wildman–Crippen LogP) is -0.444. The standard InChI is InChI=1S/C12H14BNO2/c13-9-1-2-10-11(7-9)14(15)8-12(10)3-5-16-6-4-12/h1-2,7,14H,3-6,8H2. The Kier molecular flexibility index (Phi) is 2.31. The number of rotatable bonds is 0. The van der Waals surface area contributed by atoms with E-state index in [4.69, 9.17) is 12.6 Å². The fourth-order valence-corrected chi connectivity index (χ4v) is 2.96. The van der Waals surface area contributed by atoms with Crippen LogP contribution in [0.15, 0.2) is 18.2 Å². The van der Waals surface area contributed by atoms with Gasteiger partial charge in [-0.2, -0.15) is 0 Å². The van der Waals surface area contributed by atoms with Crippen molar-refractivity contribution in [2.45, 2.75) is 18.3 Å². The van der Waals surface area contributed by atoms with E-state index in [1.807, 2.05) is 18.2 Å². The second-order valence-electron chi connectivity index (χ2n) is 4.80. The third-order valence-corrected chi connectivity index (χ3v) is 3.86. The van der Waals surface area contributed by atoms with Crippen LogP contribution in [0.2, 0.25) is 0 Å². The lowest BCUT2D eigenvalue weighted by molar-refractivity contribution is -0.773. The Bertz CT molecular complexity index is 415. The van der Waals surface area contributed by atoms with Crippen LogP contribution in [-0.2, 0) is 10.2 Å². The highest BCUT2D eigenvalue weighted by Gasteiger charge is 2.45. The molecule has 3 nitrogen and oxygen atoms in total. The zero-order valence-electron chi connectivity index (χ0n) is 9.16. The fourth-order valence-electron chi connectivity index (χ4n) is 2.96. The molecule has 1 N–H and O–H groups in total. The minimum Gasteiger partial charge on any atom is -0.629 e. The van der Waals surface area contributed by atoms with E-state index in [1.54, 1.807) is 0 Å². The lowest BCUT2D eigenvalue weighted by atomic mass is 9.75. The second kappa shape index (κ2) is 3.59. The molecule has 0 aliphatic carbocycles. The van der Waals surface area contributed by atoms with Gasteiger partial charge in [0.05, 0.1) is 12.0 Å². The topological polar surface area (TPSA) is 36.7 Å². The van der Waals surface area contributed by atoms with Crippen molar-refractivity contribution in [1.29, 1.82) is 0 Å². The summed E-state index contributed by atoms with van der Waals surface area (Å²) in [5.74, 6) is 0. The van der Waals surface area contributed by atoms with Crippen LogP contribution < -0.4 is 10.5 Å². The van der Waals surface area contributed by atoms with Gasteiger partial charge in [-0.1, -0.05) is 17.6 Å². The monoisotopic (exact) mass is 215 g/mol. The number of benzene rings is 1. The zero-order chi connectivity index (χ0) is 11.2. The van der Waals surface area contributed by atoms with Crippen molar-refractivity contribution in [1.82, 2.24) is 0 Å². The summed E-state index contributed by atoms with van der Waals surface area (Å²) in [5.41, 5.74) is 2.74. The number of ether oxygens (including phenoxy) is 1. The highest BCUT2D eigenvalue weighted by atomic mass is 16.5. The molecule has 3 rings (SSSR count). The van der Waals surface area contributed by atoms with Gasteiger partial charge in [-0.25, -0.2) is 0 Å². The molecule has 0 aromatic heterocycles. The van der Waals surface area contributed by atoms with Crippen molar-refractivity contribution in [2.24, 2.45) is 0 Å². The maximum absolute atomic E-state index is 12.0. The molecule has 1 spiro atoms. The molecule has 1 fully saturated rings. The van der Waals surface area contributed by atoms with Gasteiger partial charge in [0.1, 0.15) is 13.5 Å². The Labute approximate surface area is 96.4 Å². The highest BCUT2D eigenvalue weighted by Crippen LogP contribution is 2.39. The molecular formula is C12H14BNO2. The van der Waals surface area contributed by atoms with Gasteiger partial charge in [0.2, 0.25) is 0 Å². The number of hydrogen-bond donors (Lipinski definition) is 1. The molecule has 0 saturated carbocycles. The molecule has 1 aromatic carbocycles. The van der Waals surface area contributed by atoms with Gasteiger partial charge >= 0.3 is 0 Å². The summed E-state index contributed by atoms with van der Waals surface area (Å²) in [6, 6.07) is 5.75. The Morgan fingerprint density at radius 2 is 2.06 bits per heavy atom. The molecule has 16 heavy (non-hydrogen) atoms. The van der Waals surface area contributed by atoms with E-state index in [0.29, 0.717) is 12.0 Å². The normalized spacial score (nSPS) is 26.9. The molecular weight excluding hydrogens is 201 g/mol. The first-order chi connectivity index (χ1) is 7.71. The molecule has 1 aromatic rings. The SMILES string of the molecule is [B]c1ccc2c(c1)[NH+]([O-])CC21CCOCC1. The first kappa shape index (κ1) is 10.3. The minimum atomic E-state index is 0.0400. The van der Waals surface area contributed by atoms with Crippen molar-refractivity contribution in [3.05, 3.63) is 29.0 Å². The van der Waals surface area contributed by atoms with E-state index in [0.717, 1.165) is 31.7 Å². The van der Waals surface area contributed by atoms with Gasteiger partial charge in [0.15, 0.2) is 0 Å². The zero-order valence-corrected chi connectivity index (χ0v) is 9.16. The maximum atomic E-state index is 12.0. The van der Waals surface area contributed by atoms with E-state index < -0.39 is 0 Å². The van der Waals surface area contributed by atoms with Crippen LogP contribution in [0.1, 0.15) is 18.4 Å². The summed E-state index contributed by atoms with van der Waals surface area (Å²) >= 11 is 0. The van der Waals surface area contributed by atoms with Crippen LogP contribution in [0, 0.1) is 5.21 Å². The Balaban J connectivity index is 2.07. The molecule has 0 amide bonds. The summed E-state index contributed by atoms with van der Waals surface area (Å²) in [6.45, 7) is 2.16. The average molecular weight is 215 g/mol. The molecule has 1 saturated heterocycles. The molecule has 1 unspecified atom stereocenters. The Morgan fingerprint density at radius 1 is 1.31 bits per heavy atom. The summed E-state index contributed by atoms with van der Waals surface area (Å²) in [6.07, 6.45) is 1.91. The van der Waals surface area contributed by atoms with E-state index in [2.05, 4.69) is 0 Å². The van der Waals surface area contributed by atoms with Crippen LogP contribution in [0.3, 0.4) is 0 Å². The summed E-state index contributed by atoms with van der Waals surface area (Å²) in [5, 5.41) is 12.2. The summed E-state index contributed by atoms with van der Waals surface area (Å²) in [4.78, 5) is 0. The number of hydroxylamine groups is 1. The molecule has 2 aliphatic heterocycles. The molecule has 2 aliphatic rings. The van der Waals surface area contributed by atoms with Gasteiger partial charge in [-0.3, -0.25) is 0 Å². The third kappa shape index (κ3) is 1.41. The van der Waals surface area contributed by atoms with Crippen molar-refractivity contribution < 1.29 is 9.80 Å². The van der Waals surface area contributed by atoms with E-state index >= 15 is 0 Å². The number of fused-ring (bicyclic) bond motifs is 2. The first-order valence-electron chi connectivity index (χ1n) is 5.72. The molecule has 82 valence electrons. The number of quaternary nitrogens is 1. The fraction of sp³-hybridized carbons (Fsp3) is 0.500. The van der Waals surface area contributed by atoms with Crippen LogP contribution in [-0.4, -0.2) is 27.6 Å². The van der Waals surface area contributed by atoms with Crippen LogP contribution in [0.25, 0.3) is 0 Å². The maximum Gasteiger partial charge on any atom is 0.134 e. The molecule has 4 heteroatoms. The smallest absolute Gasteiger partial charge is 0.134 e. The summed E-state index contributed by atoms with van der Waals surface area (Å²) < 4.78 is 5.39. The predicted molar refractivity (Wildman–Crippen MR) is 62.4 cm³/mol. The van der Waals surface area contributed by atoms with E-state index in [1.165, 1.54) is 5.56 Å². The molecule has 2 radical (unpaired) electrons. The van der Waals surface area contributed by atoms with Gasteiger partial charge < -0.3 is 15.0 Å². The van der Waals surface area contributed by atoms with Gasteiger partial charge in [-0.15, -0.1) is 0 Å². The Morgan fingerprint density at radius 3 is 2.81 bits per heavy atom. The lowest BCUT2D eigenvalue weighted by Gasteiger charge is -2.32. The summed E-state index contributed by atoms with van der Waals surface area (Å²) in [7, 11) is 5.73. The Hall–Kier alpha value is -0.835. The first-order valence-corrected chi connectivity index (χ1v) is 5.72. The largest absolute Gasteiger partial charge is 0.629 e. The molecule has 1 atom stereocenters. The highest BCUT2D eigenvalue weighted by molar-refractivity contribution is 6.32. The number of hydrogen-bond acceptors (Lipinski definition) is 2. The minimum absolute atomic E-state index is 0.0400. The van der Waals surface area contributed by atoms with Gasteiger partial charge in [-0.05, 0) is 18.9 Å². The van der Waals surface area contributed by atoms with Crippen molar-refractivity contribution in [3.8, 4) is 0 Å². The van der Waals surface area contributed by atoms with Gasteiger partial charge in [0, 0.05) is 18.8 Å². The average Bonchev–Trinajstić information content (AvgIpc) is 2.53. The van der Waals surface area contributed by atoms with Crippen molar-refractivity contribution in [2.75, 3.05) is 19.8 Å².